The van der Waals surface area contributed by atoms with Gasteiger partial charge in [0.05, 0.1) is 19.3 Å². The molecular weight excluding hydrogens is 604 g/mol. The fraction of sp³-hybridized carbons (Fsp3) is 0.483. The fourth-order valence-electron chi connectivity index (χ4n) is 4.76. The zero-order valence-electron chi connectivity index (χ0n) is 23.8. The Hall–Kier alpha value is -3.55. The van der Waals surface area contributed by atoms with Crippen molar-refractivity contribution in [1.29, 1.82) is 0 Å². The number of rotatable bonds is 10. The molecule has 16 heteroatoms. The molecule has 2 aromatic rings. The van der Waals surface area contributed by atoms with Crippen molar-refractivity contribution in [2.24, 2.45) is 0 Å². The summed E-state index contributed by atoms with van der Waals surface area (Å²) in [7, 11) is 0. The van der Waals surface area contributed by atoms with E-state index in [1.165, 1.54) is 37.3 Å². The van der Waals surface area contributed by atoms with Gasteiger partial charge in [0.25, 0.3) is 0 Å². The molecule has 10 N–H and O–H groups in total. The van der Waals surface area contributed by atoms with Gasteiger partial charge in [-0.3, -0.25) is 0 Å². The first-order valence-corrected chi connectivity index (χ1v) is 13.8. The third kappa shape index (κ3) is 8.00. The Morgan fingerprint density at radius 3 is 2.16 bits per heavy atom. The van der Waals surface area contributed by atoms with E-state index in [9.17, 15) is 55.9 Å². The summed E-state index contributed by atoms with van der Waals surface area (Å²) in [4.78, 5) is 12.7. The molecule has 2 aliphatic heterocycles. The molecule has 45 heavy (non-hydrogen) atoms. The number of hydrogen-bond acceptors (Lipinski definition) is 16. The maximum atomic E-state index is 12.7. The van der Waals surface area contributed by atoms with Crippen molar-refractivity contribution >= 4 is 12.0 Å². The van der Waals surface area contributed by atoms with Crippen LogP contribution in [0.2, 0.25) is 0 Å². The van der Waals surface area contributed by atoms with Crippen LogP contribution in [-0.4, -0.2) is 132 Å². The second-order valence-corrected chi connectivity index (χ2v) is 10.6. The number of phenols is 4. The van der Waals surface area contributed by atoms with Gasteiger partial charge in [0.1, 0.15) is 42.7 Å². The average molecular weight is 641 g/mol. The van der Waals surface area contributed by atoms with Gasteiger partial charge in [-0.25, -0.2) is 4.79 Å². The monoisotopic (exact) mass is 640 g/mol. The zero-order valence-corrected chi connectivity index (χ0v) is 23.8. The van der Waals surface area contributed by atoms with Crippen LogP contribution >= 0.6 is 0 Å². The van der Waals surface area contributed by atoms with E-state index in [-0.39, 0.29) is 11.3 Å². The van der Waals surface area contributed by atoms with E-state index in [1.54, 1.807) is 0 Å². The maximum Gasteiger partial charge on any atom is 0.331 e. The average Bonchev–Trinajstić information content (AvgIpc) is 3.01. The Kier molecular flexibility index (Phi) is 11.2. The van der Waals surface area contributed by atoms with Gasteiger partial charge in [0.15, 0.2) is 41.7 Å². The van der Waals surface area contributed by atoms with Crippen LogP contribution in [0, 0.1) is 0 Å². The molecule has 4 rings (SSSR count). The molecule has 0 spiro atoms. The summed E-state index contributed by atoms with van der Waals surface area (Å²) in [5.74, 6) is -2.75. The van der Waals surface area contributed by atoms with Crippen LogP contribution in [0.5, 0.6) is 23.0 Å². The Morgan fingerprint density at radius 2 is 1.51 bits per heavy atom. The highest BCUT2D eigenvalue weighted by Crippen LogP contribution is 2.33. The van der Waals surface area contributed by atoms with Crippen molar-refractivity contribution in [3.63, 3.8) is 0 Å². The first kappa shape index (κ1) is 34.3. The Bertz CT molecular complexity index is 1340. The van der Waals surface area contributed by atoms with Crippen molar-refractivity contribution in [1.82, 2.24) is 0 Å². The van der Waals surface area contributed by atoms with E-state index < -0.39 is 104 Å². The van der Waals surface area contributed by atoms with Crippen LogP contribution in [0.1, 0.15) is 24.2 Å². The largest absolute Gasteiger partial charge is 0.504 e. The second-order valence-electron chi connectivity index (χ2n) is 10.6. The third-order valence-corrected chi connectivity index (χ3v) is 7.36. The van der Waals surface area contributed by atoms with E-state index in [0.717, 1.165) is 18.2 Å². The smallest absolute Gasteiger partial charge is 0.331 e. The van der Waals surface area contributed by atoms with Crippen molar-refractivity contribution in [3.05, 3.63) is 53.6 Å². The number of phenolic OH excluding ortho intramolecular Hbond substituents is 4. The lowest BCUT2D eigenvalue weighted by molar-refractivity contribution is -0.366. The molecule has 16 nitrogen and oxygen atoms in total. The topological polar surface area (TPSA) is 266 Å². The molecule has 2 aromatic carbocycles. The van der Waals surface area contributed by atoms with Gasteiger partial charge in [0, 0.05) is 6.08 Å². The number of aliphatic hydroxyl groups excluding tert-OH is 6. The summed E-state index contributed by atoms with van der Waals surface area (Å²) in [6.07, 6.45) is -15.0. The van der Waals surface area contributed by atoms with Crippen LogP contribution in [0.3, 0.4) is 0 Å². The van der Waals surface area contributed by atoms with Crippen LogP contribution < -0.4 is 0 Å². The normalized spacial score (nSPS) is 32.8. The summed E-state index contributed by atoms with van der Waals surface area (Å²) < 4.78 is 28.0. The fourth-order valence-corrected chi connectivity index (χ4v) is 4.76. The molecule has 11 atom stereocenters. The Morgan fingerprint density at radius 1 is 0.844 bits per heavy atom. The minimum atomic E-state index is -1.83. The van der Waals surface area contributed by atoms with Gasteiger partial charge in [0.2, 0.25) is 0 Å². The molecule has 2 heterocycles. The van der Waals surface area contributed by atoms with E-state index in [1.807, 2.05) is 0 Å². The van der Waals surface area contributed by atoms with Crippen LogP contribution in [-0.2, 0) is 28.5 Å². The van der Waals surface area contributed by atoms with E-state index >= 15 is 0 Å². The molecule has 2 saturated heterocycles. The summed E-state index contributed by atoms with van der Waals surface area (Å²) >= 11 is 0. The number of carbonyl (C=O) groups is 1. The molecular formula is C29H36O16. The summed E-state index contributed by atoms with van der Waals surface area (Å²) in [5.41, 5.74) is 0.449. The maximum absolute atomic E-state index is 12.7. The highest BCUT2D eigenvalue weighted by Gasteiger charge is 2.52. The lowest BCUT2D eigenvalue weighted by Crippen LogP contribution is -2.64. The minimum Gasteiger partial charge on any atom is -0.504 e. The molecule has 2 fully saturated rings. The highest BCUT2D eigenvalue weighted by atomic mass is 16.8. The number of aliphatic hydroxyl groups is 6. The standard InChI is InChI=1S/C29H36O16/c1-12-22(37)23(38)24(39)28(42-12)45-27-25(40)26(44-21(36)7-3-13-2-5-15(31)17(33)8-13)20(10-30)43-29(27)41-11-19(35)14-4-6-16(32)18(34)9-14/h2-9,12,19-20,22-35,37-40H,10-11H2,1H3/b7-3+/t12-,19-,20+,22-,23+,24+,25-,26+,27+,28-,29+/m0/s1. The molecule has 0 radical (unpaired) electrons. The van der Waals surface area contributed by atoms with Gasteiger partial charge in [-0.2, -0.15) is 0 Å². The van der Waals surface area contributed by atoms with Gasteiger partial charge >= 0.3 is 5.97 Å². The predicted octanol–water partition coefficient (Wildman–Crippen LogP) is -1.53. The van der Waals surface area contributed by atoms with Crippen molar-refractivity contribution in [3.8, 4) is 23.0 Å². The Balaban J connectivity index is 1.54. The minimum absolute atomic E-state index is 0.135. The van der Waals surface area contributed by atoms with Crippen LogP contribution in [0.25, 0.3) is 6.08 Å². The number of aromatic hydroxyl groups is 4. The SMILES string of the molecule is C[C@@H]1O[C@@H](O[C@H]2[C@H](OC[C@H](O)c3ccc(O)c(O)c3)O[C@H](CO)[C@@H](OC(=O)/C=C/c3ccc(O)c(O)c3)[C@@H]2O)[C@H](O)[C@H](O)[C@H]1O. The zero-order chi connectivity index (χ0) is 33.0. The lowest BCUT2D eigenvalue weighted by Gasteiger charge is -2.46. The quantitative estimate of drug-likeness (QED) is 0.0802. The summed E-state index contributed by atoms with van der Waals surface area (Å²) in [6, 6.07) is 7.32. The molecule has 0 bridgehead atoms. The Labute approximate surface area is 256 Å². The van der Waals surface area contributed by atoms with Crippen LogP contribution in [0.15, 0.2) is 42.5 Å². The third-order valence-electron chi connectivity index (χ3n) is 7.36. The predicted molar refractivity (Wildman–Crippen MR) is 148 cm³/mol. The molecule has 0 aromatic heterocycles. The number of benzene rings is 2. The van der Waals surface area contributed by atoms with Gasteiger partial charge < -0.3 is 74.7 Å². The summed E-state index contributed by atoms with van der Waals surface area (Å²) in [6.45, 7) is 0.0575. The van der Waals surface area contributed by atoms with Crippen LogP contribution in [0.4, 0.5) is 0 Å². The number of esters is 1. The number of hydrogen-bond donors (Lipinski definition) is 10. The van der Waals surface area contributed by atoms with E-state index in [0.29, 0.717) is 5.56 Å². The van der Waals surface area contributed by atoms with Gasteiger partial charge in [-0.05, 0) is 48.4 Å². The van der Waals surface area contributed by atoms with Crippen molar-refractivity contribution in [2.45, 2.75) is 74.4 Å². The van der Waals surface area contributed by atoms with Crippen molar-refractivity contribution in [2.75, 3.05) is 13.2 Å². The summed E-state index contributed by atoms with van der Waals surface area (Å²) in [5, 5.41) is 101. The van der Waals surface area contributed by atoms with E-state index in [4.69, 9.17) is 23.7 Å². The molecule has 0 aliphatic carbocycles. The first-order valence-electron chi connectivity index (χ1n) is 13.8. The molecule has 248 valence electrons. The molecule has 0 saturated carbocycles. The first-order chi connectivity index (χ1) is 21.3. The van der Waals surface area contributed by atoms with Crippen molar-refractivity contribution < 1.29 is 79.5 Å². The number of ether oxygens (including phenoxy) is 5. The van der Waals surface area contributed by atoms with Gasteiger partial charge in [-0.15, -0.1) is 0 Å². The number of carbonyl (C=O) groups excluding carboxylic acids is 1. The molecule has 0 unspecified atom stereocenters. The molecule has 2 aliphatic rings. The van der Waals surface area contributed by atoms with E-state index in [2.05, 4.69) is 0 Å². The molecule has 0 amide bonds. The van der Waals surface area contributed by atoms with Gasteiger partial charge in [-0.1, -0.05) is 12.1 Å². The highest BCUT2D eigenvalue weighted by molar-refractivity contribution is 5.87. The lowest BCUT2D eigenvalue weighted by atomic mass is 9.97. The second kappa shape index (κ2) is 14.7.